The second kappa shape index (κ2) is 9.55. The summed E-state index contributed by atoms with van der Waals surface area (Å²) in [4.78, 5) is 28.4. The zero-order valence-corrected chi connectivity index (χ0v) is 22.6. The molecule has 37 heavy (non-hydrogen) atoms. The summed E-state index contributed by atoms with van der Waals surface area (Å²) in [7, 11) is 1.61. The first-order chi connectivity index (χ1) is 17.3. The average molecular weight is 498 g/mol. The summed E-state index contributed by atoms with van der Waals surface area (Å²) in [5.74, 6) is -0.875. The van der Waals surface area contributed by atoms with Gasteiger partial charge in [0.1, 0.15) is 11.5 Å². The van der Waals surface area contributed by atoms with Crippen LogP contribution in [0.3, 0.4) is 0 Å². The molecule has 0 aromatic heterocycles. The summed E-state index contributed by atoms with van der Waals surface area (Å²) in [6, 6.07) is 21.6. The highest BCUT2D eigenvalue weighted by molar-refractivity contribution is 6.51. The minimum absolute atomic E-state index is 0.0509. The first-order valence-corrected chi connectivity index (χ1v) is 12.5. The Morgan fingerprint density at radius 3 is 2.00 bits per heavy atom. The van der Waals surface area contributed by atoms with Crippen LogP contribution in [0.4, 0.5) is 5.69 Å². The molecule has 4 rings (SSSR count). The predicted octanol–water partition coefficient (Wildman–Crippen LogP) is 6.92. The number of ketones is 1. The van der Waals surface area contributed by atoms with E-state index in [-0.39, 0.29) is 22.2 Å². The standard InChI is InChI=1S/C32H35NO4/c1-31(2,3)22-14-16-23(17-15-22)33-27(20-11-9-8-10-12-20)26(29(35)30(33)36)28(34)21-13-18-25(37-7)24(19-21)32(4,5)6/h8-19,27,34H,1-7H3/b28-26-. The van der Waals surface area contributed by atoms with Crippen molar-refractivity contribution in [3.8, 4) is 5.75 Å². The predicted molar refractivity (Wildman–Crippen MR) is 148 cm³/mol. The SMILES string of the molecule is COc1ccc(/C(O)=C2/C(=O)C(=O)N(c3ccc(C(C)(C)C)cc3)C2c2ccccc2)cc1C(C)(C)C. The number of nitrogens with zero attached hydrogens (tertiary/aromatic N) is 1. The van der Waals surface area contributed by atoms with E-state index in [9.17, 15) is 14.7 Å². The van der Waals surface area contributed by atoms with Crippen LogP contribution in [0.5, 0.6) is 5.75 Å². The highest BCUT2D eigenvalue weighted by Gasteiger charge is 2.47. The van der Waals surface area contributed by atoms with Gasteiger partial charge in [0.2, 0.25) is 0 Å². The lowest BCUT2D eigenvalue weighted by atomic mass is 9.84. The number of hydrogen-bond donors (Lipinski definition) is 1. The zero-order chi connectivity index (χ0) is 27.1. The Labute approximate surface area is 219 Å². The molecular weight excluding hydrogens is 462 g/mol. The minimum atomic E-state index is -0.762. The first-order valence-electron chi connectivity index (χ1n) is 12.5. The van der Waals surface area contributed by atoms with Crippen LogP contribution in [0.2, 0.25) is 0 Å². The van der Waals surface area contributed by atoms with Crippen molar-refractivity contribution in [1.82, 2.24) is 0 Å². The van der Waals surface area contributed by atoms with E-state index >= 15 is 0 Å². The van der Waals surface area contributed by atoms with Gasteiger partial charge in [-0.25, -0.2) is 0 Å². The number of benzene rings is 3. The lowest BCUT2D eigenvalue weighted by Gasteiger charge is -2.27. The molecule has 5 heteroatoms. The molecular formula is C32H35NO4. The van der Waals surface area contributed by atoms with Crippen LogP contribution < -0.4 is 9.64 Å². The smallest absolute Gasteiger partial charge is 0.300 e. The number of amides is 1. The number of carbonyl (C=O) groups is 2. The highest BCUT2D eigenvalue weighted by Crippen LogP contribution is 2.43. The molecule has 192 valence electrons. The molecule has 1 aliphatic rings. The molecule has 0 spiro atoms. The summed E-state index contributed by atoms with van der Waals surface area (Å²) in [6.07, 6.45) is 0. The van der Waals surface area contributed by atoms with Crippen LogP contribution in [0.1, 0.15) is 69.8 Å². The van der Waals surface area contributed by atoms with E-state index in [1.165, 1.54) is 4.90 Å². The van der Waals surface area contributed by atoms with Gasteiger partial charge in [0.25, 0.3) is 11.7 Å². The lowest BCUT2D eigenvalue weighted by molar-refractivity contribution is -0.132. The van der Waals surface area contributed by atoms with Crippen LogP contribution in [0.25, 0.3) is 5.76 Å². The van der Waals surface area contributed by atoms with Gasteiger partial charge in [-0.2, -0.15) is 0 Å². The van der Waals surface area contributed by atoms with E-state index in [1.807, 2.05) is 60.7 Å². The molecule has 0 bridgehead atoms. The van der Waals surface area contributed by atoms with Crippen molar-refractivity contribution < 1.29 is 19.4 Å². The fraction of sp³-hybridized carbons (Fsp3) is 0.312. The van der Waals surface area contributed by atoms with Gasteiger partial charge in [0, 0.05) is 16.8 Å². The molecule has 1 aliphatic heterocycles. The molecule has 5 nitrogen and oxygen atoms in total. The molecule has 3 aromatic rings. The van der Waals surface area contributed by atoms with Gasteiger partial charge in [0.15, 0.2) is 0 Å². The van der Waals surface area contributed by atoms with Gasteiger partial charge in [-0.15, -0.1) is 0 Å². The van der Waals surface area contributed by atoms with E-state index < -0.39 is 17.7 Å². The highest BCUT2D eigenvalue weighted by atomic mass is 16.5. The molecule has 0 saturated carbocycles. The van der Waals surface area contributed by atoms with Crippen LogP contribution >= 0.6 is 0 Å². The van der Waals surface area contributed by atoms with E-state index in [0.717, 1.165) is 16.7 Å². The number of methoxy groups -OCH3 is 1. The number of Topliss-reactive ketones (excluding diaryl/α,β-unsaturated/α-hetero) is 1. The minimum Gasteiger partial charge on any atom is -0.507 e. The van der Waals surface area contributed by atoms with Crippen LogP contribution in [-0.2, 0) is 20.4 Å². The molecule has 1 saturated heterocycles. The molecule has 3 aromatic carbocycles. The Bertz CT molecular complexity index is 1360. The summed E-state index contributed by atoms with van der Waals surface area (Å²) in [5.41, 5.74) is 3.58. The number of aliphatic hydroxyl groups is 1. The summed E-state index contributed by atoms with van der Waals surface area (Å²) >= 11 is 0. The van der Waals surface area contributed by atoms with Crippen molar-refractivity contribution in [2.45, 2.75) is 58.4 Å². The largest absolute Gasteiger partial charge is 0.507 e. The summed E-state index contributed by atoms with van der Waals surface area (Å²) < 4.78 is 5.54. The number of ether oxygens (including phenoxy) is 1. The van der Waals surface area contributed by atoms with E-state index in [1.54, 1.807) is 19.2 Å². The fourth-order valence-electron chi connectivity index (χ4n) is 4.77. The number of aliphatic hydroxyl groups excluding tert-OH is 1. The Morgan fingerprint density at radius 1 is 0.838 bits per heavy atom. The van der Waals surface area contributed by atoms with Crippen molar-refractivity contribution in [3.05, 3.63) is 101 Å². The topological polar surface area (TPSA) is 66.8 Å². The van der Waals surface area contributed by atoms with Crippen LogP contribution in [0.15, 0.2) is 78.4 Å². The molecule has 1 amide bonds. The van der Waals surface area contributed by atoms with Crippen molar-refractivity contribution in [2.24, 2.45) is 0 Å². The van der Waals surface area contributed by atoms with Gasteiger partial charge in [-0.1, -0.05) is 84.0 Å². The maximum absolute atomic E-state index is 13.5. The monoisotopic (exact) mass is 497 g/mol. The second-order valence-electron chi connectivity index (χ2n) is 11.5. The number of anilines is 1. The Morgan fingerprint density at radius 2 is 1.46 bits per heavy atom. The van der Waals surface area contributed by atoms with Gasteiger partial charge < -0.3 is 9.84 Å². The maximum Gasteiger partial charge on any atom is 0.300 e. The number of carbonyl (C=O) groups excluding carboxylic acids is 2. The molecule has 1 atom stereocenters. The lowest BCUT2D eigenvalue weighted by Crippen LogP contribution is -2.29. The quantitative estimate of drug-likeness (QED) is 0.241. The third-order valence-electron chi connectivity index (χ3n) is 6.85. The van der Waals surface area contributed by atoms with Crippen LogP contribution in [-0.4, -0.2) is 23.9 Å². The summed E-state index contributed by atoms with van der Waals surface area (Å²) in [6.45, 7) is 12.5. The Hall–Kier alpha value is -3.86. The fourth-order valence-corrected chi connectivity index (χ4v) is 4.77. The first kappa shape index (κ1) is 26.2. The second-order valence-corrected chi connectivity index (χ2v) is 11.5. The molecule has 1 heterocycles. The van der Waals surface area contributed by atoms with Crippen molar-refractivity contribution in [3.63, 3.8) is 0 Å². The normalized spacial score (nSPS) is 17.8. The Kier molecular flexibility index (Phi) is 6.76. The average Bonchev–Trinajstić information content (AvgIpc) is 3.13. The summed E-state index contributed by atoms with van der Waals surface area (Å²) in [5, 5.41) is 11.5. The molecule has 1 fully saturated rings. The van der Waals surface area contributed by atoms with Gasteiger partial charge in [-0.3, -0.25) is 14.5 Å². The molecule has 0 radical (unpaired) electrons. The van der Waals surface area contributed by atoms with Gasteiger partial charge in [-0.05, 0) is 52.3 Å². The van der Waals surface area contributed by atoms with E-state index in [0.29, 0.717) is 17.0 Å². The molecule has 1 unspecified atom stereocenters. The zero-order valence-electron chi connectivity index (χ0n) is 22.6. The van der Waals surface area contributed by atoms with Crippen molar-refractivity contribution in [1.29, 1.82) is 0 Å². The van der Waals surface area contributed by atoms with Gasteiger partial charge >= 0.3 is 0 Å². The van der Waals surface area contributed by atoms with E-state index in [2.05, 4.69) is 41.5 Å². The number of rotatable bonds is 4. The molecule has 1 N–H and O–H groups in total. The van der Waals surface area contributed by atoms with E-state index in [4.69, 9.17) is 4.74 Å². The third kappa shape index (κ3) is 4.91. The maximum atomic E-state index is 13.5. The third-order valence-corrected chi connectivity index (χ3v) is 6.85. The number of hydrogen-bond acceptors (Lipinski definition) is 4. The Balaban J connectivity index is 1.91. The van der Waals surface area contributed by atoms with Crippen LogP contribution in [0, 0.1) is 0 Å². The van der Waals surface area contributed by atoms with Crippen molar-refractivity contribution >= 4 is 23.1 Å². The van der Waals surface area contributed by atoms with Gasteiger partial charge in [0.05, 0.1) is 18.7 Å². The molecule has 0 aliphatic carbocycles. The van der Waals surface area contributed by atoms with Crippen molar-refractivity contribution in [2.75, 3.05) is 12.0 Å².